The predicted octanol–water partition coefficient (Wildman–Crippen LogP) is 6.11. The van der Waals surface area contributed by atoms with Crippen molar-refractivity contribution >= 4 is 68.9 Å². The van der Waals surface area contributed by atoms with Gasteiger partial charge < -0.3 is 4.43 Å². The van der Waals surface area contributed by atoms with Crippen LogP contribution in [0.4, 0.5) is 0 Å². The lowest BCUT2D eigenvalue weighted by molar-refractivity contribution is 0.278. The fourth-order valence-electron chi connectivity index (χ4n) is 5.58. The second-order valence-corrected chi connectivity index (χ2v) is 17.2. The number of nitrogens with one attached hydrogen (secondary N) is 1. The molecule has 0 aliphatic carbocycles. The van der Waals surface area contributed by atoms with Gasteiger partial charge in [-0.05, 0) is 50.2 Å². The molecule has 198 valence electrons. The van der Waals surface area contributed by atoms with E-state index >= 15 is 0 Å². The van der Waals surface area contributed by atoms with Crippen LogP contribution in [0.5, 0.6) is 0 Å². The minimum absolute atomic E-state index is 0.0600. The van der Waals surface area contributed by atoms with Gasteiger partial charge in [-0.25, -0.2) is 4.79 Å². The topological polar surface area (TPSA) is 64.1 Å². The second-order valence-electron chi connectivity index (χ2n) is 10.6. The molecule has 0 amide bonds. The highest BCUT2D eigenvalue weighted by molar-refractivity contribution is 9.10. The number of nitrogens with zero attached hydrogens (tertiary/aromatic N) is 1. The van der Waals surface area contributed by atoms with E-state index < -0.39 is 13.9 Å². The van der Waals surface area contributed by atoms with Crippen LogP contribution < -0.4 is 21.6 Å². The number of aromatic amines is 1. The Morgan fingerprint density at radius 3 is 2.26 bits per heavy atom. The first-order chi connectivity index (χ1) is 18.1. The van der Waals surface area contributed by atoms with E-state index in [0.717, 1.165) is 22.2 Å². The van der Waals surface area contributed by atoms with E-state index in [1.54, 1.807) is 22.4 Å². The number of rotatable bonds is 7. The van der Waals surface area contributed by atoms with E-state index in [2.05, 4.69) is 90.2 Å². The number of H-pyrrole nitrogens is 1. The molecule has 1 aromatic heterocycles. The average molecular weight is 630 g/mol. The van der Waals surface area contributed by atoms with Gasteiger partial charge in [-0.15, -0.1) is 11.8 Å². The third-order valence-corrected chi connectivity index (χ3v) is 15.2. The number of benzene rings is 3. The second kappa shape index (κ2) is 10.8. The molecule has 38 heavy (non-hydrogen) atoms. The van der Waals surface area contributed by atoms with Crippen molar-refractivity contribution in [2.45, 2.75) is 49.6 Å². The highest BCUT2D eigenvalue weighted by atomic mass is 79.9. The molecule has 5 rings (SSSR count). The van der Waals surface area contributed by atoms with Crippen molar-refractivity contribution < 1.29 is 4.43 Å². The summed E-state index contributed by atoms with van der Waals surface area (Å²) in [5.74, 6) is 0.714. The van der Waals surface area contributed by atoms with Gasteiger partial charge in [-0.3, -0.25) is 14.3 Å². The maximum atomic E-state index is 13.0. The zero-order valence-electron chi connectivity index (χ0n) is 21.6. The Bertz CT molecular complexity index is 1550. The molecule has 1 N–H and O–H groups in total. The number of thioether (sulfide) groups is 1. The van der Waals surface area contributed by atoms with E-state index in [1.807, 2.05) is 12.1 Å². The first-order valence-electron chi connectivity index (χ1n) is 12.7. The third-order valence-electron chi connectivity index (χ3n) is 7.28. The zero-order chi connectivity index (χ0) is 27.1. The lowest BCUT2D eigenvalue weighted by Gasteiger charge is -2.43. The van der Waals surface area contributed by atoms with Gasteiger partial charge in [-0.1, -0.05) is 93.0 Å². The van der Waals surface area contributed by atoms with Gasteiger partial charge in [0.2, 0.25) is 0 Å². The van der Waals surface area contributed by atoms with Crippen molar-refractivity contribution in [2.75, 3.05) is 12.4 Å². The molecule has 1 aliphatic rings. The Morgan fingerprint density at radius 1 is 1.08 bits per heavy atom. The molecule has 0 fully saturated rings. The molecule has 0 saturated heterocycles. The molecular formula is C29H30BrClN2O3SSi. The van der Waals surface area contributed by atoms with Crippen LogP contribution in [0.25, 0.3) is 10.9 Å². The van der Waals surface area contributed by atoms with Crippen molar-refractivity contribution in [1.82, 2.24) is 9.55 Å². The van der Waals surface area contributed by atoms with E-state index in [-0.39, 0.29) is 16.8 Å². The van der Waals surface area contributed by atoms with Gasteiger partial charge in [0, 0.05) is 23.3 Å². The molecule has 0 spiro atoms. The summed E-state index contributed by atoms with van der Waals surface area (Å²) in [6, 6.07) is 22.8. The van der Waals surface area contributed by atoms with E-state index in [4.69, 9.17) is 16.0 Å². The van der Waals surface area contributed by atoms with Crippen LogP contribution in [-0.2, 0) is 4.43 Å². The van der Waals surface area contributed by atoms with Gasteiger partial charge in [0.1, 0.15) is 0 Å². The fraction of sp³-hybridized carbons (Fsp3) is 0.310. The summed E-state index contributed by atoms with van der Waals surface area (Å²) in [6.07, 6.45) is 1.54. The van der Waals surface area contributed by atoms with E-state index in [0.29, 0.717) is 28.3 Å². The summed E-state index contributed by atoms with van der Waals surface area (Å²) in [7, 11) is -2.62. The molecule has 0 saturated carbocycles. The average Bonchev–Trinajstić information content (AvgIpc) is 2.90. The molecule has 0 bridgehead atoms. The van der Waals surface area contributed by atoms with Crippen LogP contribution in [0.1, 0.15) is 39.7 Å². The lowest BCUT2D eigenvalue weighted by Crippen LogP contribution is -2.66. The Labute approximate surface area is 240 Å². The highest BCUT2D eigenvalue weighted by Crippen LogP contribution is 2.44. The summed E-state index contributed by atoms with van der Waals surface area (Å²) < 4.78 is 9.51. The Balaban J connectivity index is 1.45. The normalized spacial score (nSPS) is 15.7. The molecule has 0 radical (unpaired) electrons. The van der Waals surface area contributed by atoms with Gasteiger partial charge >= 0.3 is 5.69 Å². The highest BCUT2D eigenvalue weighted by Gasteiger charge is 2.50. The predicted molar refractivity (Wildman–Crippen MR) is 164 cm³/mol. The monoisotopic (exact) mass is 628 g/mol. The Hall–Kier alpha value is -2.10. The third kappa shape index (κ3) is 4.75. The molecule has 5 nitrogen and oxygen atoms in total. The summed E-state index contributed by atoms with van der Waals surface area (Å²) >= 11 is 11.6. The summed E-state index contributed by atoms with van der Waals surface area (Å²) in [5, 5.41) is 3.31. The van der Waals surface area contributed by atoms with Gasteiger partial charge in [-0.2, -0.15) is 0 Å². The van der Waals surface area contributed by atoms with E-state index in [9.17, 15) is 9.59 Å². The summed E-state index contributed by atoms with van der Waals surface area (Å²) in [5.41, 5.74) is -0.131. The molecule has 3 aromatic carbocycles. The molecule has 2 heterocycles. The molecular weight excluding hydrogens is 600 g/mol. The summed E-state index contributed by atoms with van der Waals surface area (Å²) in [6.45, 7) is 7.39. The number of halogens is 2. The number of aromatic nitrogens is 2. The standard InChI is InChI=1S/C29H30BrClN2O3SSi/c1-29(2,3)38(20-12-6-4-7-13-20,21-14-8-5-9-15-21)36-16-10-11-19-18-37-26-24(30)23(31)17-22-25(26)33(19)28(35)32-27(22)34/h4-9,12-15,17,19H,10-11,16,18H2,1-3H3,(H,32,34,35)/t19-/m1/s1. The maximum absolute atomic E-state index is 13.0. The van der Waals surface area contributed by atoms with Crippen LogP contribution >= 0.6 is 39.3 Å². The van der Waals surface area contributed by atoms with Crippen molar-refractivity contribution in [1.29, 1.82) is 0 Å². The fourth-order valence-corrected chi connectivity index (χ4v) is 12.4. The smallest absolute Gasteiger partial charge is 0.329 e. The zero-order valence-corrected chi connectivity index (χ0v) is 25.8. The molecule has 9 heteroatoms. The van der Waals surface area contributed by atoms with E-state index in [1.165, 1.54) is 10.4 Å². The van der Waals surface area contributed by atoms with Gasteiger partial charge in [0.15, 0.2) is 0 Å². The minimum atomic E-state index is -2.62. The first kappa shape index (κ1) is 27.5. The molecule has 0 unspecified atom stereocenters. The van der Waals surface area contributed by atoms with Crippen LogP contribution in [0.2, 0.25) is 10.1 Å². The Morgan fingerprint density at radius 2 is 1.68 bits per heavy atom. The SMILES string of the molecule is CC(C)(C)[Si](OCCC[C@@H]1CSc2c(Br)c(Cl)cc3c(=O)[nH]c(=O)n1c23)(c1ccccc1)c1ccccc1. The van der Waals surface area contributed by atoms with Crippen LogP contribution in [0, 0.1) is 0 Å². The largest absolute Gasteiger partial charge is 0.407 e. The number of hydrogen-bond acceptors (Lipinski definition) is 4. The first-order valence-corrected chi connectivity index (χ1v) is 16.8. The lowest BCUT2D eigenvalue weighted by atomic mass is 10.1. The van der Waals surface area contributed by atoms with Crippen LogP contribution in [0.15, 0.2) is 85.7 Å². The van der Waals surface area contributed by atoms with Crippen molar-refractivity contribution in [2.24, 2.45) is 0 Å². The van der Waals surface area contributed by atoms with Crippen LogP contribution in [0.3, 0.4) is 0 Å². The molecule has 1 aliphatic heterocycles. The quantitative estimate of drug-likeness (QED) is 0.198. The van der Waals surface area contributed by atoms with Crippen molar-refractivity contribution in [3.8, 4) is 0 Å². The molecule has 1 atom stereocenters. The van der Waals surface area contributed by atoms with Crippen molar-refractivity contribution in [3.63, 3.8) is 0 Å². The van der Waals surface area contributed by atoms with Gasteiger partial charge in [0.25, 0.3) is 13.9 Å². The van der Waals surface area contributed by atoms with Crippen LogP contribution in [-0.4, -0.2) is 30.2 Å². The molecule has 4 aromatic rings. The minimum Gasteiger partial charge on any atom is -0.407 e. The van der Waals surface area contributed by atoms with Gasteiger partial charge in [0.05, 0.1) is 20.4 Å². The summed E-state index contributed by atoms with van der Waals surface area (Å²) in [4.78, 5) is 28.9. The van der Waals surface area contributed by atoms with Crippen molar-refractivity contribution in [3.05, 3.63) is 97.1 Å². The Kier molecular flexibility index (Phi) is 7.81. The maximum Gasteiger partial charge on any atom is 0.329 e. The number of hydrogen-bond donors (Lipinski definition) is 1.